The number of hydrogen-bond acceptors (Lipinski definition) is 6. The van der Waals surface area contributed by atoms with Crippen molar-refractivity contribution in [2.24, 2.45) is 4.99 Å². The summed E-state index contributed by atoms with van der Waals surface area (Å²) in [5, 5.41) is 12.9. The second-order valence-electron chi connectivity index (χ2n) is 6.69. The molecule has 2 aliphatic rings. The number of aliphatic hydroxyl groups is 1. The lowest BCUT2D eigenvalue weighted by atomic mass is 9.90. The van der Waals surface area contributed by atoms with E-state index in [0.717, 1.165) is 27.9 Å². The third-order valence-corrected chi connectivity index (χ3v) is 6.33. The lowest BCUT2D eigenvalue weighted by Crippen LogP contribution is -2.48. The fourth-order valence-electron chi connectivity index (χ4n) is 3.74. The molecule has 1 atom stereocenters. The van der Waals surface area contributed by atoms with Crippen molar-refractivity contribution in [3.63, 3.8) is 0 Å². The van der Waals surface area contributed by atoms with Crippen LogP contribution in [-0.4, -0.2) is 33.9 Å². The first-order valence-corrected chi connectivity index (χ1v) is 9.53. The Morgan fingerprint density at radius 3 is 3.04 bits per heavy atom. The Hall–Kier alpha value is -2.57. The minimum absolute atomic E-state index is 0.224. The molecule has 1 saturated heterocycles. The molecule has 130 valence electrons. The molecule has 2 aliphatic heterocycles. The van der Waals surface area contributed by atoms with Crippen molar-refractivity contribution in [3.8, 4) is 0 Å². The van der Waals surface area contributed by atoms with Crippen LogP contribution in [0.15, 0.2) is 47.6 Å². The number of Topliss-reactive ketones (excluding diaryl/α,β-unsaturated/α-hetero) is 1. The fourth-order valence-corrected chi connectivity index (χ4v) is 4.70. The number of hydrogen-bond donors (Lipinski definition) is 1. The standard InChI is InChI=1S/C20H17N3O2S/c1-2-14-11-15-17(24)20(25)7-9-23(19(20)22-18(15)26-14)13-5-6-16-12(10-13)4-3-8-21-16/h3-6,8,10-11,25H,2,7,9H2,1H3/t20-/m1/s1. The number of aromatic nitrogens is 1. The van der Waals surface area contributed by atoms with E-state index in [1.807, 2.05) is 41.3 Å². The molecule has 26 heavy (non-hydrogen) atoms. The highest BCUT2D eigenvalue weighted by Gasteiger charge is 2.52. The van der Waals surface area contributed by atoms with E-state index >= 15 is 0 Å². The molecule has 3 aromatic rings. The summed E-state index contributed by atoms with van der Waals surface area (Å²) in [7, 11) is 0. The van der Waals surface area contributed by atoms with Crippen LogP contribution in [0.3, 0.4) is 0 Å². The normalized spacial score (nSPS) is 21.7. The topological polar surface area (TPSA) is 65.8 Å². The zero-order chi connectivity index (χ0) is 17.9. The maximum Gasteiger partial charge on any atom is 0.205 e. The number of amidine groups is 1. The van der Waals surface area contributed by atoms with Crippen molar-refractivity contribution >= 4 is 44.5 Å². The van der Waals surface area contributed by atoms with Crippen molar-refractivity contribution in [3.05, 3.63) is 53.0 Å². The zero-order valence-corrected chi connectivity index (χ0v) is 15.1. The first-order valence-electron chi connectivity index (χ1n) is 8.71. The molecule has 0 saturated carbocycles. The van der Waals surface area contributed by atoms with Gasteiger partial charge in [-0.3, -0.25) is 9.78 Å². The third kappa shape index (κ3) is 2.09. The number of anilines is 1. The predicted octanol–water partition coefficient (Wildman–Crippen LogP) is 3.73. The van der Waals surface area contributed by atoms with E-state index in [0.29, 0.717) is 29.4 Å². The van der Waals surface area contributed by atoms with E-state index in [9.17, 15) is 9.90 Å². The van der Waals surface area contributed by atoms with Crippen molar-refractivity contribution in [2.75, 3.05) is 11.4 Å². The molecule has 2 aromatic heterocycles. The van der Waals surface area contributed by atoms with Crippen LogP contribution in [0.5, 0.6) is 0 Å². The maximum absolute atomic E-state index is 13.0. The van der Waals surface area contributed by atoms with E-state index in [2.05, 4.69) is 11.9 Å². The minimum Gasteiger partial charge on any atom is -0.374 e. The van der Waals surface area contributed by atoms with Gasteiger partial charge in [0.05, 0.1) is 11.1 Å². The fraction of sp³-hybridized carbons (Fsp3) is 0.250. The predicted molar refractivity (Wildman–Crippen MR) is 104 cm³/mol. The molecule has 4 heterocycles. The summed E-state index contributed by atoms with van der Waals surface area (Å²) in [6.45, 7) is 2.61. The van der Waals surface area contributed by atoms with Gasteiger partial charge in [0.2, 0.25) is 5.78 Å². The van der Waals surface area contributed by atoms with Crippen molar-refractivity contribution in [1.82, 2.24) is 4.98 Å². The Kier molecular flexibility index (Phi) is 3.29. The van der Waals surface area contributed by atoms with E-state index in [-0.39, 0.29) is 5.78 Å². The van der Waals surface area contributed by atoms with Gasteiger partial charge in [-0.1, -0.05) is 13.0 Å². The molecule has 0 amide bonds. The highest BCUT2D eigenvalue weighted by atomic mass is 32.1. The Balaban J connectivity index is 1.64. The number of nitrogens with zero attached hydrogens (tertiary/aromatic N) is 3. The summed E-state index contributed by atoms with van der Waals surface area (Å²) >= 11 is 1.53. The summed E-state index contributed by atoms with van der Waals surface area (Å²) in [6, 6.07) is 11.7. The van der Waals surface area contributed by atoms with Crippen LogP contribution < -0.4 is 4.90 Å². The van der Waals surface area contributed by atoms with Crippen molar-refractivity contribution < 1.29 is 9.90 Å². The summed E-state index contributed by atoms with van der Waals surface area (Å²) in [5.41, 5.74) is 0.870. The molecule has 0 unspecified atom stereocenters. The Morgan fingerprint density at radius 1 is 1.31 bits per heavy atom. The minimum atomic E-state index is -1.52. The lowest BCUT2D eigenvalue weighted by Gasteiger charge is -2.28. The molecule has 1 aromatic carbocycles. The SMILES string of the molecule is CCc1cc2c(s1)N=C1N(c3ccc4ncccc4c3)CC[C@@]1(O)C2=O. The summed E-state index contributed by atoms with van der Waals surface area (Å²) in [4.78, 5) is 25.1. The number of carbonyl (C=O) groups is 1. The van der Waals surface area contributed by atoms with Gasteiger partial charge in [-0.25, -0.2) is 4.99 Å². The number of pyridine rings is 1. The number of fused-ring (bicyclic) bond motifs is 3. The smallest absolute Gasteiger partial charge is 0.205 e. The van der Waals surface area contributed by atoms with E-state index in [4.69, 9.17) is 4.99 Å². The van der Waals surface area contributed by atoms with Crippen LogP contribution >= 0.6 is 11.3 Å². The number of rotatable bonds is 2. The first kappa shape index (κ1) is 15.7. The third-order valence-electron chi connectivity index (χ3n) is 5.16. The molecule has 1 N–H and O–H groups in total. The summed E-state index contributed by atoms with van der Waals surface area (Å²) < 4.78 is 0. The number of aryl methyl sites for hydroxylation is 1. The highest BCUT2D eigenvalue weighted by Crippen LogP contribution is 2.43. The molecule has 0 spiro atoms. The van der Waals surface area contributed by atoms with Gasteiger partial charge in [0, 0.05) is 35.1 Å². The van der Waals surface area contributed by atoms with Crippen LogP contribution in [0.4, 0.5) is 10.7 Å². The van der Waals surface area contributed by atoms with Gasteiger partial charge in [0.25, 0.3) is 0 Å². The number of aliphatic imine (C=N–C) groups is 1. The molecule has 6 heteroatoms. The number of ketones is 1. The Morgan fingerprint density at radius 2 is 2.19 bits per heavy atom. The first-order chi connectivity index (χ1) is 12.6. The largest absolute Gasteiger partial charge is 0.374 e. The van der Waals surface area contributed by atoms with E-state index < -0.39 is 5.60 Å². The molecule has 0 radical (unpaired) electrons. The van der Waals surface area contributed by atoms with Gasteiger partial charge < -0.3 is 10.0 Å². The van der Waals surface area contributed by atoms with Crippen LogP contribution in [0.25, 0.3) is 10.9 Å². The summed E-state index contributed by atoms with van der Waals surface area (Å²) in [6.07, 6.45) is 2.98. The van der Waals surface area contributed by atoms with Crippen LogP contribution in [-0.2, 0) is 6.42 Å². The second kappa shape index (κ2) is 5.46. The number of benzene rings is 1. The van der Waals surface area contributed by atoms with Gasteiger partial charge in [0.1, 0.15) is 5.00 Å². The monoisotopic (exact) mass is 363 g/mol. The molecular formula is C20H17N3O2S. The second-order valence-corrected chi connectivity index (χ2v) is 7.81. The van der Waals surface area contributed by atoms with Gasteiger partial charge in [-0.2, -0.15) is 0 Å². The number of thiophene rings is 1. The average Bonchev–Trinajstić information content (AvgIpc) is 3.23. The maximum atomic E-state index is 13.0. The summed E-state index contributed by atoms with van der Waals surface area (Å²) in [5.74, 6) is 0.223. The van der Waals surface area contributed by atoms with Gasteiger partial charge in [0.15, 0.2) is 11.4 Å². The molecule has 1 fully saturated rings. The quantitative estimate of drug-likeness (QED) is 0.753. The van der Waals surface area contributed by atoms with E-state index in [1.165, 1.54) is 11.3 Å². The van der Waals surface area contributed by atoms with E-state index in [1.54, 1.807) is 6.20 Å². The van der Waals surface area contributed by atoms with Crippen LogP contribution in [0, 0.1) is 0 Å². The molecular weight excluding hydrogens is 346 g/mol. The van der Waals surface area contributed by atoms with Crippen LogP contribution in [0.2, 0.25) is 0 Å². The molecule has 0 aliphatic carbocycles. The Bertz CT molecular complexity index is 1090. The van der Waals surface area contributed by atoms with Gasteiger partial charge >= 0.3 is 0 Å². The lowest BCUT2D eigenvalue weighted by molar-refractivity contribution is 0.0603. The van der Waals surface area contributed by atoms with Gasteiger partial charge in [-0.15, -0.1) is 11.3 Å². The molecule has 0 bridgehead atoms. The van der Waals surface area contributed by atoms with Crippen LogP contribution in [0.1, 0.15) is 28.6 Å². The average molecular weight is 363 g/mol. The van der Waals surface area contributed by atoms with Crippen molar-refractivity contribution in [1.29, 1.82) is 0 Å². The van der Waals surface area contributed by atoms with Gasteiger partial charge in [-0.05, 0) is 36.8 Å². The van der Waals surface area contributed by atoms with Crippen molar-refractivity contribution in [2.45, 2.75) is 25.4 Å². The molecule has 5 rings (SSSR count). The number of carbonyl (C=O) groups excluding carboxylic acids is 1. The Labute approximate surface area is 154 Å². The highest BCUT2D eigenvalue weighted by molar-refractivity contribution is 7.16. The molecule has 5 nitrogen and oxygen atoms in total. The zero-order valence-electron chi connectivity index (χ0n) is 14.3.